The minimum Gasteiger partial charge on any atom is -0.247 e. The van der Waals surface area contributed by atoms with Gasteiger partial charge in [-0.3, -0.25) is 0 Å². The van der Waals surface area contributed by atoms with Gasteiger partial charge < -0.3 is 0 Å². The molecule has 0 aliphatic carbocycles. The Morgan fingerprint density at radius 1 is 1.12 bits per heavy atom. The number of nitrogens with zero attached hydrogens (tertiary/aromatic N) is 5. The van der Waals surface area contributed by atoms with Crippen LogP contribution >= 0.6 is 0 Å². The number of rotatable bonds is 2. The Morgan fingerprint density at radius 3 is 2.58 bits per heavy atom. The number of alkyl halides is 3. The number of hydrogen-bond donors (Lipinski definition) is 1. The van der Waals surface area contributed by atoms with Crippen LogP contribution in [0.4, 0.5) is 17.6 Å². The SMILES string of the molecule is N#Cc1[nH]nnc1-c1cc(F)cc(-c2nccc(C(F)(F)F)n2)c1. The summed E-state index contributed by atoms with van der Waals surface area (Å²) in [6, 6.07) is 5.92. The molecule has 1 aromatic carbocycles. The number of halogens is 4. The van der Waals surface area contributed by atoms with E-state index in [1.807, 2.05) is 0 Å². The van der Waals surface area contributed by atoms with Gasteiger partial charge in [0.15, 0.2) is 11.5 Å². The summed E-state index contributed by atoms with van der Waals surface area (Å²) in [6.45, 7) is 0. The molecular weight excluding hydrogens is 328 g/mol. The van der Waals surface area contributed by atoms with E-state index in [9.17, 15) is 17.6 Å². The van der Waals surface area contributed by atoms with E-state index in [1.165, 1.54) is 6.07 Å². The fourth-order valence-electron chi connectivity index (χ4n) is 2.02. The van der Waals surface area contributed by atoms with Crippen molar-refractivity contribution in [3.63, 3.8) is 0 Å². The third-order valence-electron chi connectivity index (χ3n) is 3.04. The molecule has 2 aromatic heterocycles. The van der Waals surface area contributed by atoms with Crippen molar-refractivity contribution in [2.45, 2.75) is 6.18 Å². The highest BCUT2D eigenvalue weighted by Crippen LogP contribution is 2.30. The topological polar surface area (TPSA) is 91.1 Å². The van der Waals surface area contributed by atoms with Crippen LogP contribution < -0.4 is 0 Å². The molecule has 0 spiro atoms. The van der Waals surface area contributed by atoms with E-state index < -0.39 is 17.7 Å². The zero-order valence-electron chi connectivity index (χ0n) is 11.6. The third kappa shape index (κ3) is 2.91. The van der Waals surface area contributed by atoms with E-state index >= 15 is 0 Å². The largest absolute Gasteiger partial charge is 0.433 e. The van der Waals surface area contributed by atoms with Gasteiger partial charge >= 0.3 is 6.18 Å². The number of aromatic amines is 1. The molecule has 0 saturated carbocycles. The molecule has 0 fully saturated rings. The number of benzene rings is 1. The summed E-state index contributed by atoms with van der Waals surface area (Å²) in [5.41, 5.74) is -0.890. The van der Waals surface area contributed by atoms with E-state index in [0.29, 0.717) is 0 Å². The molecule has 1 N–H and O–H groups in total. The van der Waals surface area contributed by atoms with Gasteiger partial charge in [-0.25, -0.2) is 19.5 Å². The van der Waals surface area contributed by atoms with E-state index in [0.717, 1.165) is 24.4 Å². The van der Waals surface area contributed by atoms with Gasteiger partial charge in [0.1, 0.15) is 23.3 Å². The second kappa shape index (κ2) is 5.69. The average Bonchev–Trinajstić information content (AvgIpc) is 3.02. The van der Waals surface area contributed by atoms with Gasteiger partial charge in [0, 0.05) is 17.3 Å². The summed E-state index contributed by atoms with van der Waals surface area (Å²) in [6.07, 6.45) is -3.71. The Labute approximate surface area is 131 Å². The first-order valence-electron chi connectivity index (χ1n) is 6.41. The van der Waals surface area contributed by atoms with Gasteiger partial charge in [0.2, 0.25) is 0 Å². The first-order valence-corrected chi connectivity index (χ1v) is 6.41. The lowest BCUT2D eigenvalue weighted by atomic mass is 10.1. The predicted molar refractivity (Wildman–Crippen MR) is 72.5 cm³/mol. The van der Waals surface area contributed by atoms with E-state index in [-0.39, 0.29) is 28.3 Å². The minimum atomic E-state index is -4.64. The van der Waals surface area contributed by atoms with Crippen LogP contribution in [-0.2, 0) is 6.18 Å². The molecule has 0 amide bonds. The second-order valence-corrected chi connectivity index (χ2v) is 4.64. The normalized spacial score (nSPS) is 11.3. The van der Waals surface area contributed by atoms with Crippen molar-refractivity contribution >= 4 is 0 Å². The van der Waals surface area contributed by atoms with Crippen molar-refractivity contribution in [1.29, 1.82) is 5.26 Å². The van der Waals surface area contributed by atoms with Crippen molar-refractivity contribution in [3.05, 3.63) is 47.7 Å². The summed E-state index contributed by atoms with van der Waals surface area (Å²) in [5.74, 6) is -1.04. The summed E-state index contributed by atoms with van der Waals surface area (Å²) >= 11 is 0. The van der Waals surface area contributed by atoms with Crippen molar-refractivity contribution in [2.75, 3.05) is 0 Å². The van der Waals surface area contributed by atoms with Crippen LogP contribution in [0.1, 0.15) is 11.4 Å². The highest BCUT2D eigenvalue weighted by Gasteiger charge is 2.32. The summed E-state index contributed by atoms with van der Waals surface area (Å²) in [5, 5.41) is 18.4. The second-order valence-electron chi connectivity index (χ2n) is 4.64. The Bertz CT molecular complexity index is 941. The smallest absolute Gasteiger partial charge is 0.247 e. The maximum Gasteiger partial charge on any atom is 0.433 e. The zero-order chi connectivity index (χ0) is 17.3. The summed E-state index contributed by atoms with van der Waals surface area (Å²) < 4.78 is 52.1. The third-order valence-corrected chi connectivity index (χ3v) is 3.04. The molecule has 0 unspecified atom stereocenters. The lowest BCUT2D eigenvalue weighted by molar-refractivity contribution is -0.141. The maximum atomic E-state index is 13.9. The van der Waals surface area contributed by atoms with Crippen LogP contribution in [0.2, 0.25) is 0 Å². The van der Waals surface area contributed by atoms with E-state index in [2.05, 4.69) is 25.4 Å². The number of H-pyrrole nitrogens is 1. The quantitative estimate of drug-likeness (QED) is 0.728. The van der Waals surface area contributed by atoms with Crippen LogP contribution in [0.25, 0.3) is 22.6 Å². The molecule has 3 aromatic rings. The molecule has 0 bridgehead atoms. The van der Waals surface area contributed by atoms with Gasteiger partial charge in [0.05, 0.1) is 0 Å². The molecular formula is C14H6F4N6. The lowest BCUT2D eigenvalue weighted by Crippen LogP contribution is -2.09. The van der Waals surface area contributed by atoms with Crippen molar-refractivity contribution < 1.29 is 17.6 Å². The highest BCUT2D eigenvalue weighted by atomic mass is 19.4. The van der Waals surface area contributed by atoms with Gasteiger partial charge in [-0.05, 0) is 24.3 Å². The van der Waals surface area contributed by atoms with Crippen molar-refractivity contribution in [2.24, 2.45) is 0 Å². The van der Waals surface area contributed by atoms with Crippen LogP contribution in [0, 0.1) is 17.1 Å². The Kier molecular flexibility index (Phi) is 3.69. The minimum absolute atomic E-state index is 0.00323. The Morgan fingerprint density at radius 2 is 1.88 bits per heavy atom. The fraction of sp³-hybridized carbons (Fsp3) is 0.0714. The summed E-state index contributed by atoms with van der Waals surface area (Å²) in [4.78, 5) is 7.15. The molecule has 24 heavy (non-hydrogen) atoms. The van der Waals surface area contributed by atoms with Crippen LogP contribution in [0.15, 0.2) is 30.5 Å². The maximum absolute atomic E-state index is 13.9. The highest BCUT2D eigenvalue weighted by molar-refractivity contribution is 5.70. The monoisotopic (exact) mass is 334 g/mol. The molecule has 0 atom stereocenters. The van der Waals surface area contributed by atoms with Crippen molar-refractivity contribution in [3.8, 4) is 28.7 Å². The van der Waals surface area contributed by atoms with Gasteiger partial charge in [-0.2, -0.15) is 18.4 Å². The van der Waals surface area contributed by atoms with E-state index in [4.69, 9.17) is 5.26 Å². The predicted octanol–water partition coefficient (Wildman–Crippen LogP) is 2.96. The number of hydrogen-bond acceptors (Lipinski definition) is 5. The number of nitrogens with one attached hydrogen (secondary N) is 1. The Balaban J connectivity index is 2.12. The van der Waals surface area contributed by atoms with Crippen molar-refractivity contribution in [1.82, 2.24) is 25.4 Å². The number of aromatic nitrogens is 5. The first-order chi connectivity index (χ1) is 11.4. The zero-order valence-corrected chi connectivity index (χ0v) is 11.6. The molecule has 10 heteroatoms. The van der Waals surface area contributed by atoms with Crippen LogP contribution in [-0.4, -0.2) is 25.4 Å². The van der Waals surface area contributed by atoms with Gasteiger partial charge in [-0.1, -0.05) is 5.21 Å². The molecule has 0 saturated heterocycles. The fourth-order valence-corrected chi connectivity index (χ4v) is 2.02. The van der Waals surface area contributed by atoms with Crippen LogP contribution in [0.3, 0.4) is 0 Å². The standard InChI is InChI=1S/C14H6F4N6/c15-9-4-7(12-10(6-19)22-24-23-12)3-8(5-9)13-20-2-1-11(21-13)14(16,17)18/h1-5H,(H,22,23,24). The molecule has 6 nitrogen and oxygen atoms in total. The van der Waals surface area contributed by atoms with Crippen LogP contribution in [0.5, 0.6) is 0 Å². The van der Waals surface area contributed by atoms with E-state index in [1.54, 1.807) is 6.07 Å². The number of nitriles is 1. The average molecular weight is 334 g/mol. The first kappa shape index (κ1) is 15.5. The lowest BCUT2D eigenvalue weighted by Gasteiger charge is -2.08. The molecule has 3 rings (SSSR count). The molecule has 0 aliphatic rings. The molecule has 0 aliphatic heterocycles. The molecule has 0 radical (unpaired) electrons. The van der Waals surface area contributed by atoms with Gasteiger partial charge in [-0.15, -0.1) is 5.10 Å². The van der Waals surface area contributed by atoms with Gasteiger partial charge in [0.25, 0.3) is 0 Å². The summed E-state index contributed by atoms with van der Waals surface area (Å²) in [7, 11) is 0. The molecule has 120 valence electrons. The molecule has 2 heterocycles. The Hall–Kier alpha value is -3.35.